The molecule has 0 saturated carbocycles. The minimum absolute atomic E-state index is 0.0737. The van der Waals surface area contributed by atoms with Gasteiger partial charge in [0.2, 0.25) is 0 Å². The minimum atomic E-state index is -4.52. The first-order chi connectivity index (χ1) is 8.36. The summed E-state index contributed by atoms with van der Waals surface area (Å²) in [4.78, 5) is 22.0. The van der Waals surface area contributed by atoms with Gasteiger partial charge in [-0.1, -0.05) is 6.07 Å². The van der Waals surface area contributed by atoms with E-state index in [2.05, 4.69) is 0 Å². The molecular weight excluding hydrogens is 249 g/mol. The van der Waals surface area contributed by atoms with E-state index in [0.29, 0.717) is 6.29 Å². The normalized spacial score (nSPS) is 11.5. The molecule has 18 heavy (non-hydrogen) atoms. The second kappa shape index (κ2) is 5.35. The SMILES string of the molecule is NC(=O)N(/C=C\C=O)c1cccc(C(F)(F)F)c1. The molecule has 0 radical (unpaired) electrons. The Morgan fingerprint density at radius 3 is 2.50 bits per heavy atom. The number of nitrogens with zero attached hydrogens (tertiary/aromatic N) is 1. The topological polar surface area (TPSA) is 63.4 Å². The van der Waals surface area contributed by atoms with E-state index in [9.17, 15) is 22.8 Å². The fraction of sp³-hybridized carbons (Fsp3) is 0.0909. The quantitative estimate of drug-likeness (QED) is 0.667. The molecule has 0 saturated heterocycles. The standard InChI is InChI=1S/C11H9F3N2O2/c12-11(13,14)8-3-1-4-9(7-8)16(10(15)18)5-2-6-17/h1-7H,(H2,15,18)/b5-2-. The van der Waals surface area contributed by atoms with Crippen LogP contribution in [0.3, 0.4) is 0 Å². The molecule has 0 spiro atoms. The molecule has 96 valence electrons. The van der Waals surface area contributed by atoms with Crippen LogP contribution in [0.15, 0.2) is 36.5 Å². The van der Waals surface area contributed by atoms with Gasteiger partial charge in [0.15, 0.2) is 0 Å². The third-order valence-electron chi connectivity index (χ3n) is 2.00. The zero-order chi connectivity index (χ0) is 13.8. The highest BCUT2D eigenvalue weighted by molar-refractivity contribution is 5.93. The van der Waals surface area contributed by atoms with Crippen molar-refractivity contribution >= 4 is 18.0 Å². The van der Waals surface area contributed by atoms with Crippen LogP contribution in [-0.2, 0) is 11.0 Å². The van der Waals surface area contributed by atoms with Gasteiger partial charge in [0, 0.05) is 6.20 Å². The number of carbonyl (C=O) groups is 2. The highest BCUT2D eigenvalue weighted by atomic mass is 19.4. The first-order valence-electron chi connectivity index (χ1n) is 4.74. The van der Waals surface area contributed by atoms with E-state index in [0.717, 1.165) is 35.4 Å². The number of urea groups is 1. The highest BCUT2D eigenvalue weighted by Crippen LogP contribution is 2.31. The Labute approximate surface area is 100 Å². The minimum Gasteiger partial charge on any atom is -0.351 e. The molecule has 0 heterocycles. The lowest BCUT2D eigenvalue weighted by Crippen LogP contribution is -2.31. The van der Waals surface area contributed by atoms with Crippen LogP contribution in [0.2, 0.25) is 0 Å². The number of hydrogen-bond acceptors (Lipinski definition) is 2. The van der Waals surface area contributed by atoms with Gasteiger partial charge in [-0.25, -0.2) is 4.79 Å². The molecule has 7 heteroatoms. The molecule has 1 aromatic rings. The number of rotatable bonds is 3. The zero-order valence-electron chi connectivity index (χ0n) is 9.02. The van der Waals surface area contributed by atoms with Gasteiger partial charge in [0.25, 0.3) is 0 Å². The summed E-state index contributed by atoms with van der Waals surface area (Å²) in [6.07, 6.45) is -2.20. The lowest BCUT2D eigenvalue weighted by atomic mass is 10.2. The Bertz CT molecular complexity index is 483. The van der Waals surface area contributed by atoms with Crippen LogP contribution >= 0.6 is 0 Å². The third-order valence-corrected chi connectivity index (χ3v) is 2.00. The average molecular weight is 258 g/mol. The third kappa shape index (κ3) is 3.34. The Kier molecular flexibility index (Phi) is 4.09. The molecule has 1 aromatic carbocycles. The maximum absolute atomic E-state index is 12.5. The van der Waals surface area contributed by atoms with Gasteiger partial charge in [-0.2, -0.15) is 13.2 Å². The fourth-order valence-electron chi connectivity index (χ4n) is 1.24. The Hall–Kier alpha value is -2.31. The molecule has 0 aromatic heterocycles. The molecule has 1 rings (SSSR count). The number of alkyl halides is 3. The number of amides is 2. The predicted octanol–water partition coefficient (Wildman–Crippen LogP) is 2.30. The molecule has 0 aliphatic carbocycles. The number of benzene rings is 1. The van der Waals surface area contributed by atoms with Gasteiger partial charge in [0.05, 0.1) is 11.3 Å². The highest BCUT2D eigenvalue weighted by Gasteiger charge is 2.30. The van der Waals surface area contributed by atoms with Crippen molar-refractivity contribution < 1.29 is 22.8 Å². The van der Waals surface area contributed by atoms with Crippen LogP contribution in [0.25, 0.3) is 0 Å². The van der Waals surface area contributed by atoms with Gasteiger partial charge in [0.1, 0.15) is 6.29 Å². The molecule has 2 amide bonds. The molecule has 0 aliphatic rings. The van der Waals surface area contributed by atoms with E-state index in [1.165, 1.54) is 6.07 Å². The van der Waals surface area contributed by atoms with Crippen LogP contribution in [0.4, 0.5) is 23.7 Å². The van der Waals surface area contributed by atoms with Crippen molar-refractivity contribution in [2.45, 2.75) is 6.18 Å². The van der Waals surface area contributed by atoms with Gasteiger partial charge < -0.3 is 5.73 Å². The van der Waals surface area contributed by atoms with Gasteiger partial charge >= 0.3 is 12.2 Å². The second-order valence-corrected chi connectivity index (χ2v) is 3.23. The van der Waals surface area contributed by atoms with E-state index in [-0.39, 0.29) is 5.69 Å². The first kappa shape index (κ1) is 13.8. The predicted molar refractivity (Wildman–Crippen MR) is 58.7 cm³/mol. The summed E-state index contributed by atoms with van der Waals surface area (Å²) in [6, 6.07) is 3.05. The number of hydrogen-bond donors (Lipinski definition) is 1. The van der Waals surface area contributed by atoms with E-state index >= 15 is 0 Å². The first-order valence-corrected chi connectivity index (χ1v) is 4.74. The summed E-state index contributed by atoms with van der Waals surface area (Å²) >= 11 is 0. The summed E-state index contributed by atoms with van der Waals surface area (Å²) in [5, 5.41) is 0. The smallest absolute Gasteiger partial charge is 0.351 e. The molecule has 2 N–H and O–H groups in total. The molecular formula is C11H9F3N2O2. The number of anilines is 1. The van der Waals surface area contributed by atoms with Gasteiger partial charge in [-0.3, -0.25) is 9.69 Å². The number of aldehydes is 1. The number of nitrogens with two attached hydrogens (primary N) is 1. The van der Waals surface area contributed by atoms with E-state index < -0.39 is 17.8 Å². The van der Waals surface area contributed by atoms with Crippen LogP contribution < -0.4 is 10.6 Å². The monoisotopic (exact) mass is 258 g/mol. The lowest BCUT2D eigenvalue weighted by Gasteiger charge is -2.17. The van der Waals surface area contributed by atoms with Crippen molar-refractivity contribution in [1.29, 1.82) is 0 Å². The summed E-state index contributed by atoms with van der Waals surface area (Å²) in [5.74, 6) is 0. The van der Waals surface area contributed by atoms with Crippen LogP contribution in [-0.4, -0.2) is 12.3 Å². The maximum atomic E-state index is 12.5. The molecule has 0 bridgehead atoms. The second-order valence-electron chi connectivity index (χ2n) is 3.23. The lowest BCUT2D eigenvalue weighted by molar-refractivity contribution is -0.137. The maximum Gasteiger partial charge on any atom is 0.416 e. The van der Waals surface area contributed by atoms with Crippen molar-refractivity contribution in [3.63, 3.8) is 0 Å². The zero-order valence-corrected chi connectivity index (χ0v) is 9.02. The van der Waals surface area contributed by atoms with E-state index in [1.54, 1.807) is 0 Å². The summed E-state index contributed by atoms with van der Waals surface area (Å²) in [5.41, 5.74) is 4.02. The van der Waals surface area contributed by atoms with Crippen molar-refractivity contribution in [3.8, 4) is 0 Å². The number of primary amides is 1. The van der Waals surface area contributed by atoms with Gasteiger partial charge in [-0.15, -0.1) is 0 Å². The van der Waals surface area contributed by atoms with Crippen molar-refractivity contribution in [3.05, 3.63) is 42.1 Å². The van der Waals surface area contributed by atoms with Crippen LogP contribution in [0.5, 0.6) is 0 Å². The number of allylic oxidation sites excluding steroid dienone is 1. The van der Waals surface area contributed by atoms with Crippen LogP contribution in [0.1, 0.15) is 5.56 Å². The summed E-state index contributed by atoms with van der Waals surface area (Å²) in [7, 11) is 0. The van der Waals surface area contributed by atoms with Crippen molar-refractivity contribution in [2.24, 2.45) is 5.73 Å². The Balaban J connectivity index is 3.17. The fourth-order valence-corrected chi connectivity index (χ4v) is 1.24. The average Bonchev–Trinajstić information content (AvgIpc) is 2.28. The molecule has 0 atom stereocenters. The molecule has 0 fully saturated rings. The largest absolute Gasteiger partial charge is 0.416 e. The summed E-state index contributed by atoms with van der Waals surface area (Å²) in [6.45, 7) is 0. The number of halogens is 3. The summed E-state index contributed by atoms with van der Waals surface area (Å²) < 4.78 is 37.4. The Morgan fingerprint density at radius 2 is 2.00 bits per heavy atom. The van der Waals surface area contributed by atoms with Gasteiger partial charge in [-0.05, 0) is 24.3 Å². The van der Waals surface area contributed by atoms with Crippen molar-refractivity contribution in [1.82, 2.24) is 0 Å². The molecule has 4 nitrogen and oxygen atoms in total. The van der Waals surface area contributed by atoms with Crippen LogP contribution in [0, 0.1) is 0 Å². The molecule has 0 aliphatic heterocycles. The van der Waals surface area contributed by atoms with E-state index in [4.69, 9.17) is 5.73 Å². The number of carbonyl (C=O) groups excluding carboxylic acids is 2. The van der Waals surface area contributed by atoms with Crippen molar-refractivity contribution in [2.75, 3.05) is 4.90 Å². The molecule has 0 unspecified atom stereocenters. The van der Waals surface area contributed by atoms with E-state index in [1.807, 2.05) is 0 Å². The Morgan fingerprint density at radius 1 is 1.33 bits per heavy atom.